The fourth-order valence-electron chi connectivity index (χ4n) is 3.12. The van der Waals surface area contributed by atoms with Gasteiger partial charge in [-0.25, -0.2) is 0 Å². The normalized spacial score (nSPS) is 18.1. The number of anilines is 2. The quantitative estimate of drug-likeness (QED) is 0.902. The Labute approximate surface area is 145 Å². The minimum atomic E-state index is -0.461. The van der Waals surface area contributed by atoms with Gasteiger partial charge in [0.1, 0.15) is 0 Å². The van der Waals surface area contributed by atoms with E-state index in [1.807, 2.05) is 24.3 Å². The lowest BCUT2D eigenvalue weighted by Gasteiger charge is -2.12. The van der Waals surface area contributed by atoms with Crippen molar-refractivity contribution in [2.75, 3.05) is 23.8 Å². The molecule has 2 aliphatic rings. The van der Waals surface area contributed by atoms with E-state index >= 15 is 0 Å². The molecule has 0 saturated heterocycles. The first-order chi connectivity index (χ1) is 12.2. The second kappa shape index (κ2) is 6.47. The molecule has 0 spiro atoms. The number of nitrogens with one attached hydrogen (secondary N) is 2. The van der Waals surface area contributed by atoms with Crippen molar-refractivity contribution < 1.29 is 19.1 Å². The SMILES string of the molecule is O=C(C[C@H]1C(=O)Nc2ccccc21)Nc1ccc2c(c1)OCCCO2. The molecule has 0 bridgehead atoms. The van der Waals surface area contributed by atoms with Crippen LogP contribution in [0.3, 0.4) is 0 Å². The molecule has 0 aromatic heterocycles. The zero-order chi connectivity index (χ0) is 17.2. The molecule has 2 amide bonds. The molecule has 2 heterocycles. The van der Waals surface area contributed by atoms with Gasteiger partial charge < -0.3 is 20.1 Å². The Hall–Kier alpha value is -3.02. The zero-order valence-electron chi connectivity index (χ0n) is 13.6. The molecule has 2 aliphatic heterocycles. The highest BCUT2D eigenvalue weighted by atomic mass is 16.5. The Morgan fingerprint density at radius 3 is 2.80 bits per heavy atom. The van der Waals surface area contributed by atoms with E-state index in [-0.39, 0.29) is 18.2 Å². The average molecular weight is 338 g/mol. The summed E-state index contributed by atoms with van der Waals surface area (Å²) >= 11 is 0. The third kappa shape index (κ3) is 3.15. The van der Waals surface area contributed by atoms with Crippen molar-refractivity contribution in [2.45, 2.75) is 18.8 Å². The van der Waals surface area contributed by atoms with Crippen LogP contribution in [0.25, 0.3) is 0 Å². The minimum absolute atomic E-state index is 0.0945. The van der Waals surface area contributed by atoms with Crippen LogP contribution in [0.4, 0.5) is 11.4 Å². The van der Waals surface area contributed by atoms with Crippen molar-refractivity contribution in [1.29, 1.82) is 0 Å². The lowest BCUT2D eigenvalue weighted by atomic mass is 9.97. The first-order valence-corrected chi connectivity index (χ1v) is 8.30. The third-order valence-corrected chi connectivity index (χ3v) is 4.33. The van der Waals surface area contributed by atoms with Crippen LogP contribution in [0.5, 0.6) is 11.5 Å². The Bertz CT molecular complexity index is 834. The Balaban J connectivity index is 1.46. The molecule has 0 fully saturated rings. The number of hydrogen-bond donors (Lipinski definition) is 2. The first-order valence-electron chi connectivity index (χ1n) is 8.30. The molecule has 1 atom stereocenters. The second-order valence-corrected chi connectivity index (χ2v) is 6.09. The van der Waals surface area contributed by atoms with Gasteiger partial charge in [-0.1, -0.05) is 18.2 Å². The predicted molar refractivity (Wildman–Crippen MR) is 93.1 cm³/mol. The third-order valence-electron chi connectivity index (χ3n) is 4.33. The van der Waals surface area contributed by atoms with Crippen LogP contribution in [-0.4, -0.2) is 25.0 Å². The minimum Gasteiger partial charge on any atom is -0.490 e. The lowest BCUT2D eigenvalue weighted by Crippen LogP contribution is -2.20. The molecule has 2 aromatic rings. The largest absolute Gasteiger partial charge is 0.490 e. The van der Waals surface area contributed by atoms with E-state index in [4.69, 9.17) is 9.47 Å². The Kier molecular flexibility index (Phi) is 4.01. The maximum atomic E-state index is 12.4. The highest BCUT2D eigenvalue weighted by molar-refractivity contribution is 6.06. The van der Waals surface area contributed by atoms with E-state index in [9.17, 15) is 9.59 Å². The molecule has 0 unspecified atom stereocenters. The molecule has 0 aliphatic carbocycles. The predicted octanol–water partition coefficient (Wildman–Crippen LogP) is 2.91. The van der Waals surface area contributed by atoms with Crippen LogP contribution in [0.1, 0.15) is 24.3 Å². The van der Waals surface area contributed by atoms with Gasteiger partial charge >= 0.3 is 0 Å². The van der Waals surface area contributed by atoms with Crippen molar-refractivity contribution in [2.24, 2.45) is 0 Å². The number of carbonyl (C=O) groups excluding carboxylic acids is 2. The molecule has 2 aromatic carbocycles. The molecule has 128 valence electrons. The number of para-hydroxylation sites is 1. The number of ether oxygens (including phenoxy) is 2. The van der Waals surface area contributed by atoms with Crippen molar-refractivity contribution in [3.8, 4) is 11.5 Å². The number of carbonyl (C=O) groups is 2. The standard InChI is InChI=1S/C19H18N2O4/c22-18(11-14-13-4-1-2-5-15(13)21-19(14)23)20-12-6-7-16-17(10-12)25-9-3-8-24-16/h1-2,4-7,10,14H,3,8-9,11H2,(H,20,22)(H,21,23)/t14-/m1/s1. The highest BCUT2D eigenvalue weighted by Crippen LogP contribution is 2.35. The summed E-state index contributed by atoms with van der Waals surface area (Å²) in [7, 11) is 0. The molecular formula is C19H18N2O4. The maximum absolute atomic E-state index is 12.4. The van der Waals surface area contributed by atoms with Crippen LogP contribution >= 0.6 is 0 Å². The lowest BCUT2D eigenvalue weighted by molar-refractivity contribution is -0.122. The van der Waals surface area contributed by atoms with Gasteiger partial charge in [0.25, 0.3) is 0 Å². The molecular weight excluding hydrogens is 320 g/mol. The van der Waals surface area contributed by atoms with Gasteiger partial charge in [-0.2, -0.15) is 0 Å². The maximum Gasteiger partial charge on any atom is 0.232 e. The van der Waals surface area contributed by atoms with Gasteiger partial charge in [-0.3, -0.25) is 9.59 Å². The first kappa shape index (κ1) is 15.5. The summed E-state index contributed by atoms with van der Waals surface area (Å²) in [5.41, 5.74) is 2.27. The van der Waals surface area contributed by atoms with Gasteiger partial charge in [-0.05, 0) is 23.8 Å². The van der Waals surface area contributed by atoms with Crippen LogP contribution in [0.15, 0.2) is 42.5 Å². The van der Waals surface area contributed by atoms with Crippen molar-refractivity contribution >= 4 is 23.2 Å². The number of rotatable bonds is 3. The average Bonchev–Trinajstić information content (AvgIpc) is 2.78. The fraction of sp³-hybridized carbons (Fsp3) is 0.263. The second-order valence-electron chi connectivity index (χ2n) is 6.09. The van der Waals surface area contributed by atoms with E-state index < -0.39 is 5.92 Å². The van der Waals surface area contributed by atoms with Gasteiger partial charge in [0.2, 0.25) is 11.8 Å². The van der Waals surface area contributed by atoms with E-state index in [1.165, 1.54) is 0 Å². The molecule has 25 heavy (non-hydrogen) atoms. The summed E-state index contributed by atoms with van der Waals surface area (Å²) < 4.78 is 11.2. The number of fused-ring (bicyclic) bond motifs is 2. The van der Waals surface area contributed by atoms with E-state index in [0.717, 1.165) is 17.7 Å². The molecule has 4 rings (SSSR count). The number of amides is 2. The van der Waals surface area contributed by atoms with Crippen molar-refractivity contribution in [3.63, 3.8) is 0 Å². The van der Waals surface area contributed by atoms with E-state index in [1.54, 1.807) is 18.2 Å². The molecule has 6 nitrogen and oxygen atoms in total. The van der Waals surface area contributed by atoms with Crippen LogP contribution in [0.2, 0.25) is 0 Å². The Morgan fingerprint density at radius 2 is 1.92 bits per heavy atom. The van der Waals surface area contributed by atoms with Crippen LogP contribution in [-0.2, 0) is 9.59 Å². The van der Waals surface area contributed by atoms with E-state index in [2.05, 4.69) is 10.6 Å². The molecule has 6 heteroatoms. The van der Waals surface area contributed by atoms with Crippen molar-refractivity contribution in [1.82, 2.24) is 0 Å². The Morgan fingerprint density at radius 1 is 1.12 bits per heavy atom. The number of benzene rings is 2. The monoisotopic (exact) mass is 338 g/mol. The summed E-state index contributed by atoms with van der Waals surface area (Å²) in [5, 5.41) is 5.65. The summed E-state index contributed by atoms with van der Waals surface area (Å²) in [6, 6.07) is 12.8. The summed E-state index contributed by atoms with van der Waals surface area (Å²) in [6.45, 7) is 1.21. The van der Waals surface area contributed by atoms with E-state index in [0.29, 0.717) is 30.4 Å². The summed E-state index contributed by atoms with van der Waals surface area (Å²) in [4.78, 5) is 24.5. The zero-order valence-corrected chi connectivity index (χ0v) is 13.6. The number of hydrogen-bond acceptors (Lipinski definition) is 4. The summed E-state index contributed by atoms with van der Waals surface area (Å²) in [6.07, 6.45) is 0.920. The van der Waals surface area contributed by atoms with Gasteiger partial charge in [-0.15, -0.1) is 0 Å². The molecule has 0 radical (unpaired) electrons. The van der Waals surface area contributed by atoms with Gasteiger partial charge in [0, 0.05) is 30.3 Å². The van der Waals surface area contributed by atoms with Crippen LogP contribution < -0.4 is 20.1 Å². The van der Waals surface area contributed by atoms with Crippen molar-refractivity contribution in [3.05, 3.63) is 48.0 Å². The fourth-order valence-corrected chi connectivity index (χ4v) is 3.12. The van der Waals surface area contributed by atoms with Gasteiger partial charge in [0.05, 0.1) is 19.1 Å². The van der Waals surface area contributed by atoms with Crippen LogP contribution in [0, 0.1) is 0 Å². The summed E-state index contributed by atoms with van der Waals surface area (Å²) in [5.74, 6) is 0.483. The smallest absolute Gasteiger partial charge is 0.232 e. The highest BCUT2D eigenvalue weighted by Gasteiger charge is 2.31. The molecule has 0 saturated carbocycles. The molecule has 2 N–H and O–H groups in total. The van der Waals surface area contributed by atoms with Gasteiger partial charge in [0.15, 0.2) is 11.5 Å². The topological polar surface area (TPSA) is 76.7 Å².